The summed E-state index contributed by atoms with van der Waals surface area (Å²) in [6.07, 6.45) is 6.29. The van der Waals surface area contributed by atoms with Gasteiger partial charge in [-0.1, -0.05) is 6.42 Å². The van der Waals surface area contributed by atoms with Crippen molar-refractivity contribution in [2.24, 2.45) is 5.73 Å². The molecule has 0 aromatic heterocycles. The summed E-state index contributed by atoms with van der Waals surface area (Å²) in [4.78, 5) is 16.7. The maximum Gasteiger partial charge on any atom is 0.242 e. The van der Waals surface area contributed by atoms with Gasteiger partial charge in [0, 0.05) is 19.1 Å². The van der Waals surface area contributed by atoms with E-state index in [1.807, 2.05) is 4.90 Å². The van der Waals surface area contributed by atoms with E-state index in [4.69, 9.17) is 5.73 Å². The van der Waals surface area contributed by atoms with E-state index in [1.54, 1.807) is 13.8 Å². The molecule has 0 aromatic carbocycles. The van der Waals surface area contributed by atoms with Crippen molar-refractivity contribution in [3.05, 3.63) is 0 Å². The third-order valence-electron chi connectivity index (χ3n) is 4.21. The lowest BCUT2D eigenvalue weighted by molar-refractivity contribution is -0.137. The zero-order valence-electron chi connectivity index (χ0n) is 11.8. The second-order valence-electron chi connectivity index (χ2n) is 6.34. The molecular formula is C14H27N3O. The monoisotopic (exact) mass is 253 g/mol. The molecule has 1 amide bonds. The van der Waals surface area contributed by atoms with Crippen LogP contribution in [0.1, 0.15) is 46.0 Å². The second-order valence-corrected chi connectivity index (χ2v) is 6.34. The Labute approximate surface area is 110 Å². The minimum absolute atomic E-state index is 0.0968. The third-order valence-corrected chi connectivity index (χ3v) is 4.21. The van der Waals surface area contributed by atoms with Gasteiger partial charge < -0.3 is 15.5 Å². The number of hydrogen-bond donors (Lipinski definition) is 1. The van der Waals surface area contributed by atoms with Gasteiger partial charge in [0.2, 0.25) is 5.91 Å². The van der Waals surface area contributed by atoms with E-state index in [-0.39, 0.29) is 5.91 Å². The molecule has 0 aliphatic carbocycles. The van der Waals surface area contributed by atoms with Gasteiger partial charge in [-0.3, -0.25) is 4.79 Å². The standard InChI is InChI=1S/C14H27N3O/c1-14(2,15)13(18)17-10-6-12(7-11-17)16-8-4-3-5-9-16/h12H,3-11,15H2,1-2H3. The number of hydrogen-bond acceptors (Lipinski definition) is 3. The zero-order valence-corrected chi connectivity index (χ0v) is 11.8. The molecule has 2 saturated heterocycles. The molecular weight excluding hydrogens is 226 g/mol. The van der Waals surface area contributed by atoms with Gasteiger partial charge in [0.15, 0.2) is 0 Å². The summed E-state index contributed by atoms with van der Waals surface area (Å²) in [5.74, 6) is 0.0968. The molecule has 2 N–H and O–H groups in total. The summed E-state index contributed by atoms with van der Waals surface area (Å²) in [7, 11) is 0. The third kappa shape index (κ3) is 3.23. The lowest BCUT2D eigenvalue weighted by Crippen LogP contribution is -2.55. The van der Waals surface area contributed by atoms with Crippen molar-refractivity contribution in [2.75, 3.05) is 26.2 Å². The van der Waals surface area contributed by atoms with Crippen molar-refractivity contribution in [3.63, 3.8) is 0 Å². The van der Waals surface area contributed by atoms with Crippen LogP contribution in [-0.4, -0.2) is 53.5 Å². The van der Waals surface area contributed by atoms with Crippen LogP contribution in [0.25, 0.3) is 0 Å². The van der Waals surface area contributed by atoms with Crippen LogP contribution in [0.3, 0.4) is 0 Å². The van der Waals surface area contributed by atoms with E-state index in [2.05, 4.69) is 4.90 Å². The Balaban J connectivity index is 1.82. The van der Waals surface area contributed by atoms with Gasteiger partial charge in [0.05, 0.1) is 5.54 Å². The lowest BCUT2D eigenvalue weighted by Gasteiger charge is -2.41. The average Bonchev–Trinajstić information content (AvgIpc) is 2.38. The molecule has 0 saturated carbocycles. The highest BCUT2D eigenvalue weighted by Gasteiger charge is 2.32. The molecule has 0 bridgehead atoms. The molecule has 0 unspecified atom stereocenters. The smallest absolute Gasteiger partial charge is 0.242 e. The van der Waals surface area contributed by atoms with Gasteiger partial charge in [-0.25, -0.2) is 0 Å². The zero-order chi connectivity index (χ0) is 13.2. The summed E-state index contributed by atoms with van der Waals surface area (Å²) >= 11 is 0. The first kappa shape index (κ1) is 13.8. The quantitative estimate of drug-likeness (QED) is 0.804. The van der Waals surface area contributed by atoms with Crippen LogP contribution in [0.5, 0.6) is 0 Å². The fourth-order valence-corrected chi connectivity index (χ4v) is 3.13. The molecule has 4 heteroatoms. The molecule has 2 fully saturated rings. The van der Waals surface area contributed by atoms with Crippen LogP contribution < -0.4 is 5.73 Å². The molecule has 0 spiro atoms. The summed E-state index contributed by atoms with van der Waals surface area (Å²) in [5.41, 5.74) is 5.16. The minimum atomic E-state index is -0.724. The van der Waals surface area contributed by atoms with Crippen LogP contribution >= 0.6 is 0 Å². The van der Waals surface area contributed by atoms with E-state index in [1.165, 1.54) is 32.4 Å². The predicted octanol–water partition coefficient (Wildman–Crippen LogP) is 1.20. The van der Waals surface area contributed by atoms with Crippen molar-refractivity contribution in [2.45, 2.75) is 57.5 Å². The number of rotatable bonds is 2. The lowest BCUT2D eigenvalue weighted by atomic mass is 9.97. The Bertz CT molecular complexity index is 284. The van der Waals surface area contributed by atoms with Crippen molar-refractivity contribution in [3.8, 4) is 0 Å². The number of carbonyl (C=O) groups is 1. The largest absolute Gasteiger partial charge is 0.341 e. The van der Waals surface area contributed by atoms with E-state index in [9.17, 15) is 4.79 Å². The topological polar surface area (TPSA) is 49.6 Å². The first-order valence-corrected chi connectivity index (χ1v) is 7.31. The SMILES string of the molecule is CC(C)(N)C(=O)N1CCC(N2CCCCC2)CC1. The molecule has 2 aliphatic heterocycles. The van der Waals surface area contributed by atoms with E-state index in [0.717, 1.165) is 25.9 Å². The number of amides is 1. The van der Waals surface area contributed by atoms with Crippen LogP contribution in [0.2, 0.25) is 0 Å². The molecule has 2 aliphatic rings. The molecule has 18 heavy (non-hydrogen) atoms. The van der Waals surface area contributed by atoms with Gasteiger partial charge in [0.25, 0.3) is 0 Å². The molecule has 2 heterocycles. The second kappa shape index (κ2) is 5.57. The van der Waals surface area contributed by atoms with Gasteiger partial charge in [-0.2, -0.15) is 0 Å². The number of carbonyl (C=O) groups excluding carboxylic acids is 1. The number of piperidine rings is 2. The van der Waals surface area contributed by atoms with Gasteiger partial charge >= 0.3 is 0 Å². The number of likely N-dealkylation sites (tertiary alicyclic amines) is 2. The molecule has 0 atom stereocenters. The van der Waals surface area contributed by atoms with E-state index in [0.29, 0.717) is 6.04 Å². The van der Waals surface area contributed by atoms with E-state index < -0.39 is 5.54 Å². The first-order chi connectivity index (χ1) is 8.48. The van der Waals surface area contributed by atoms with Crippen LogP contribution in [-0.2, 0) is 4.79 Å². The van der Waals surface area contributed by atoms with Crippen LogP contribution in [0.15, 0.2) is 0 Å². The minimum Gasteiger partial charge on any atom is -0.341 e. The highest BCUT2D eigenvalue weighted by Crippen LogP contribution is 2.21. The molecule has 4 nitrogen and oxygen atoms in total. The Morgan fingerprint density at radius 2 is 1.61 bits per heavy atom. The molecule has 104 valence electrons. The summed E-state index contributed by atoms with van der Waals surface area (Å²) < 4.78 is 0. The molecule has 0 aromatic rings. The van der Waals surface area contributed by atoms with Crippen molar-refractivity contribution in [1.29, 1.82) is 0 Å². The fourth-order valence-electron chi connectivity index (χ4n) is 3.13. The maximum absolute atomic E-state index is 12.1. The Kier molecular flexibility index (Phi) is 4.28. The maximum atomic E-state index is 12.1. The van der Waals surface area contributed by atoms with Crippen molar-refractivity contribution >= 4 is 5.91 Å². The Morgan fingerprint density at radius 1 is 1.06 bits per heavy atom. The van der Waals surface area contributed by atoms with Gasteiger partial charge in [-0.15, -0.1) is 0 Å². The number of nitrogens with zero attached hydrogens (tertiary/aromatic N) is 2. The molecule has 0 radical (unpaired) electrons. The van der Waals surface area contributed by atoms with Crippen molar-refractivity contribution < 1.29 is 4.79 Å². The van der Waals surface area contributed by atoms with Crippen LogP contribution in [0.4, 0.5) is 0 Å². The van der Waals surface area contributed by atoms with Crippen molar-refractivity contribution in [1.82, 2.24) is 9.80 Å². The van der Waals surface area contributed by atoms with E-state index >= 15 is 0 Å². The van der Waals surface area contributed by atoms with Gasteiger partial charge in [0.1, 0.15) is 0 Å². The highest BCUT2D eigenvalue weighted by atomic mass is 16.2. The average molecular weight is 253 g/mol. The summed E-state index contributed by atoms with van der Waals surface area (Å²) in [5, 5.41) is 0. The summed E-state index contributed by atoms with van der Waals surface area (Å²) in [6.45, 7) is 7.85. The molecule has 2 rings (SSSR count). The predicted molar refractivity (Wildman–Crippen MR) is 73.3 cm³/mol. The normalized spacial score (nSPS) is 24.3. The van der Waals surface area contributed by atoms with Gasteiger partial charge in [-0.05, 0) is 52.6 Å². The van der Waals surface area contributed by atoms with Crippen LogP contribution in [0, 0.1) is 0 Å². The Hall–Kier alpha value is -0.610. The highest BCUT2D eigenvalue weighted by molar-refractivity contribution is 5.85. The Morgan fingerprint density at radius 3 is 2.11 bits per heavy atom. The summed E-state index contributed by atoms with van der Waals surface area (Å²) in [6, 6.07) is 0.690. The fraction of sp³-hybridized carbons (Fsp3) is 0.929. The number of nitrogens with two attached hydrogens (primary N) is 1. The first-order valence-electron chi connectivity index (χ1n) is 7.31.